The Bertz CT molecular complexity index is 766. The van der Waals surface area contributed by atoms with E-state index in [1.54, 1.807) is 0 Å². The van der Waals surface area contributed by atoms with Crippen molar-refractivity contribution in [3.63, 3.8) is 0 Å². The second kappa shape index (κ2) is 36.3. The fraction of sp³-hybridized carbons (Fsp3) is 0.800. The van der Waals surface area contributed by atoms with E-state index in [1.807, 2.05) is 6.08 Å². The summed E-state index contributed by atoms with van der Waals surface area (Å²) < 4.78 is 5.33. The molecule has 0 saturated heterocycles. The van der Waals surface area contributed by atoms with Crippen molar-refractivity contribution in [2.24, 2.45) is 0 Å². The normalized spacial score (nSPS) is 11.9. The van der Waals surface area contributed by atoms with E-state index in [9.17, 15) is 9.59 Å². The van der Waals surface area contributed by atoms with Gasteiger partial charge in [-0.3, -0.25) is 9.59 Å². The number of esters is 1. The molecule has 0 saturated carbocycles. The molecule has 0 bridgehead atoms. The maximum atomic E-state index is 12.9. The average Bonchev–Trinajstić information content (AvgIpc) is 3.04. The van der Waals surface area contributed by atoms with Gasteiger partial charge in [-0.05, 0) is 78.3 Å². The molecule has 0 heterocycles. The molecule has 0 radical (unpaired) electrons. The molecule has 0 unspecified atom stereocenters. The minimum atomic E-state index is -0.0881. The number of hydrogen-bond acceptors (Lipinski definition) is 5. The second-order valence-corrected chi connectivity index (χ2v) is 14.1. The zero-order valence-corrected chi connectivity index (χ0v) is 31.6. The molecule has 0 aliphatic heterocycles. The number of rotatable bonds is 33. The van der Waals surface area contributed by atoms with E-state index in [1.165, 1.54) is 102 Å². The lowest BCUT2D eigenvalue weighted by Crippen LogP contribution is -2.30. The summed E-state index contributed by atoms with van der Waals surface area (Å²) in [5.74, 6) is 0.755. The van der Waals surface area contributed by atoms with Crippen LogP contribution < -0.4 is 0 Å². The molecular weight excluding hydrogens is 589 g/mol. The van der Waals surface area contributed by atoms with Crippen molar-refractivity contribution >= 4 is 23.0 Å². The van der Waals surface area contributed by atoms with E-state index in [-0.39, 0.29) is 11.2 Å². The number of carbonyl (C=O) groups excluding carboxylic acids is 2. The summed E-state index contributed by atoms with van der Waals surface area (Å²) in [6.45, 7) is 7.53. The van der Waals surface area contributed by atoms with Crippen molar-refractivity contribution in [3.05, 3.63) is 36.5 Å². The van der Waals surface area contributed by atoms with Crippen molar-refractivity contribution in [2.45, 2.75) is 162 Å². The molecule has 1 amide bonds. The van der Waals surface area contributed by atoms with Gasteiger partial charge in [-0.15, -0.1) is 0 Å². The molecule has 0 aliphatic carbocycles. The van der Waals surface area contributed by atoms with Gasteiger partial charge in [0.15, 0.2) is 0 Å². The van der Waals surface area contributed by atoms with Gasteiger partial charge in [0, 0.05) is 31.8 Å². The Morgan fingerprint density at radius 2 is 1.04 bits per heavy atom. The lowest BCUT2D eigenvalue weighted by molar-refractivity contribution is -0.142. The Morgan fingerprint density at radius 3 is 1.59 bits per heavy atom. The third-order valence-corrected chi connectivity index (χ3v) is 9.08. The number of hydrogen-bond donors (Lipinski definition) is 0. The van der Waals surface area contributed by atoms with Crippen LogP contribution in [0.2, 0.25) is 0 Å². The highest BCUT2D eigenvalue weighted by Gasteiger charge is 2.13. The van der Waals surface area contributed by atoms with Crippen molar-refractivity contribution in [1.29, 1.82) is 0 Å². The van der Waals surface area contributed by atoms with Crippen molar-refractivity contribution in [1.82, 2.24) is 9.80 Å². The maximum Gasteiger partial charge on any atom is 0.306 e. The molecule has 0 aromatic carbocycles. The largest absolute Gasteiger partial charge is 0.461 e. The van der Waals surface area contributed by atoms with Gasteiger partial charge in [0.1, 0.15) is 6.61 Å². The number of allylic oxidation sites excluding steroid dienone is 5. The third-order valence-electron chi connectivity index (χ3n) is 8.19. The highest BCUT2D eigenvalue weighted by molar-refractivity contribution is 8.13. The zero-order valence-electron chi connectivity index (χ0n) is 30.8. The quantitative estimate of drug-likeness (QED) is 0.0398. The predicted octanol–water partition coefficient (Wildman–Crippen LogP) is 11.9. The van der Waals surface area contributed by atoms with Crippen molar-refractivity contribution in [2.75, 3.05) is 46.1 Å². The SMILES string of the molecule is CCCCCC/C=C\C/C=C\CCCCCCCN(CCCCCCCC(=O)OC/C=C\CCCCCC)C(=O)SCCN(C)C. The molecule has 0 N–H and O–H groups in total. The van der Waals surface area contributed by atoms with Gasteiger partial charge in [0.25, 0.3) is 5.24 Å². The van der Waals surface area contributed by atoms with Gasteiger partial charge >= 0.3 is 5.97 Å². The van der Waals surface area contributed by atoms with Crippen LogP contribution in [0, 0.1) is 0 Å². The van der Waals surface area contributed by atoms with Gasteiger partial charge in [-0.25, -0.2) is 0 Å². The van der Waals surface area contributed by atoms with Gasteiger partial charge in [0.05, 0.1) is 0 Å². The topological polar surface area (TPSA) is 49.9 Å². The second-order valence-electron chi connectivity index (χ2n) is 13.0. The monoisotopic (exact) mass is 663 g/mol. The number of unbranched alkanes of at least 4 members (excludes halogenated alkanes) is 17. The number of nitrogens with zero attached hydrogens (tertiary/aromatic N) is 2. The van der Waals surface area contributed by atoms with Crippen LogP contribution in [0.15, 0.2) is 36.5 Å². The van der Waals surface area contributed by atoms with Crippen molar-refractivity contribution < 1.29 is 14.3 Å². The van der Waals surface area contributed by atoms with E-state index >= 15 is 0 Å². The highest BCUT2D eigenvalue weighted by atomic mass is 32.2. The van der Waals surface area contributed by atoms with Crippen LogP contribution in [-0.2, 0) is 9.53 Å². The van der Waals surface area contributed by atoms with Crippen molar-refractivity contribution in [3.8, 4) is 0 Å². The van der Waals surface area contributed by atoms with Crippen LogP contribution in [-0.4, -0.2) is 67.1 Å². The number of carbonyl (C=O) groups is 2. The number of amides is 1. The van der Waals surface area contributed by atoms with Gasteiger partial charge in [-0.2, -0.15) is 0 Å². The molecule has 0 atom stereocenters. The molecule has 5 nitrogen and oxygen atoms in total. The van der Waals surface area contributed by atoms with E-state index in [0.29, 0.717) is 13.0 Å². The first-order valence-corrected chi connectivity index (χ1v) is 20.2. The van der Waals surface area contributed by atoms with Crippen LogP contribution in [0.1, 0.15) is 162 Å². The van der Waals surface area contributed by atoms with Crippen LogP contribution in [0.5, 0.6) is 0 Å². The molecule has 46 heavy (non-hydrogen) atoms. The summed E-state index contributed by atoms with van der Waals surface area (Å²) in [6.07, 6.45) is 40.1. The Balaban J connectivity index is 4.04. The van der Waals surface area contributed by atoms with Crippen LogP contribution in [0.25, 0.3) is 0 Å². The Hall–Kier alpha value is -1.53. The van der Waals surface area contributed by atoms with E-state index < -0.39 is 0 Å². The first-order valence-electron chi connectivity index (χ1n) is 19.2. The average molecular weight is 663 g/mol. The molecule has 6 heteroatoms. The molecule has 0 spiro atoms. The molecule has 0 aromatic rings. The minimum Gasteiger partial charge on any atom is -0.461 e. The number of ether oxygens (including phenoxy) is 1. The fourth-order valence-electron chi connectivity index (χ4n) is 5.18. The summed E-state index contributed by atoms with van der Waals surface area (Å²) in [4.78, 5) is 29.1. The smallest absolute Gasteiger partial charge is 0.306 e. The maximum absolute atomic E-state index is 12.9. The molecule has 268 valence electrons. The predicted molar refractivity (Wildman–Crippen MR) is 204 cm³/mol. The summed E-state index contributed by atoms with van der Waals surface area (Å²) >= 11 is 1.47. The first-order chi connectivity index (χ1) is 22.5. The van der Waals surface area contributed by atoms with E-state index in [0.717, 1.165) is 76.8 Å². The lowest BCUT2D eigenvalue weighted by atomic mass is 10.1. The van der Waals surface area contributed by atoms with Gasteiger partial charge in [-0.1, -0.05) is 139 Å². The Morgan fingerprint density at radius 1 is 0.565 bits per heavy atom. The van der Waals surface area contributed by atoms with E-state index in [4.69, 9.17) is 4.74 Å². The third kappa shape index (κ3) is 33.8. The standard InChI is InChI=1S/C40H74N2O3S/c1-5-7-9-11-13-14-15-16-17-18-19-20-21-22-26-30-34-42(40(44)46-38-36-41(3)4)35-31-27-24-25-29-33-39(43)45-37-32-28-23-12-10-8-6-2/h14-15,17-18,28,32H,5-13,16,19-27,29-31,33-38H2,1-4H3/b15-14-,18-17-,32-28-. The number of thioether (sulfide) groups is 1. The Labute approximate surface area is 290 Å². The van der Waals surface area contributed by atoms with E-state index in [2.05, 4.69) is 68.1 Å². The highest BCUT2D eigenvalue weighted by Crippen LogP contribution is 2.15. The van der Waals surface area contributed by atoms with Gasteiger partial charge < -0.3 is 14.5 Å². The van der Waals surface area contributed by atoms with Crippen LogP contribution in [0.4, 0.5) is 4.79 Å². The summed E-state index contributed by atoms with van der Waals surface area (Å²) in [7, 11) is 4.11. The molecule has 0 fully saturated rings. The summed E-state index contributed by atoms with van der Waals surface area (Å²) in [5.41, 5.74) is 0. The summed E-state index contributed by atoms with van der Waals surface area (Å²) in [5, 5.41) is 0.236. The zero-order chi connectivity index (χ0) is 33.8. The molecule has 0 aliphatic rings. The lowest BCUT2D eigenvalue weighted by Gasteiger charge is -2.22. The summed E-state index contributed by atoms with van der Waals surface area (Å²) in [6, 6.07) is 0. The van der Waals surface area contributed by atoms with Crippen LogP contribution >= 0.6 is 11.8 Å². The van der Waals surface area contributed by atoms with Crippen LogP contribution in [0.3, 0.4) is 0 Å². The molecular formula is C40H74N2O3S. The molecule has 0 aromatic heterocycles. The van der Waals surface area contributed by atoms with Gasteiger partial charge in [0.2, 0.25) is 0 Å². The first kappa shape index (κ1) is 44.5. The minimum absolute atomic E-state index is 0.0881. The molecule has 0 rings (SSSR count). The fourth-order valence-corrected chi connectivity index (χ4v) is 6.18. The Kier molecular flexibility index (Phi) is 35.1.